The molecule has 1 aliphatic rings. The number of hydrogen-bond acceptors (Lipinski definition) is 5. The molecule has 1 heterocycles. The first-order valence-electron chi connectivity index (χ1n) is 8.05. The predicted molar refractivity (Wildman–Crippen MR) is 118 cm³/mol. The van der Waals surface area contributed by atoms with Gasteiger partial charge in [0.15, 0.2) is 0 Å². The minimum absolute atomic E-state index is 0.217. The molecule has 9 heteroatoms. The molecular weight excluding hydrogens is 439 g/mol. The number of aliphatic carboxylic acids is 1. The molecule has 0 aromatic heterocycles. The van der Waals surface area contributed by atoms with Crippen LogP contribution in [0.5, 0.6) is 0 Å². The summed E-state index contributed by atoms with van der Waals surface area (Å²) in [5.74, 6) is -1.55. The van der Waals surface area contributed by atoms with Crippen LogP contribution in [0.4, 0.5) is 11.4 Å². The molecule has 28 heavy (non-hydrogen) atoms. The van der Waals surface area contributed by atoms with Crippen molar-refractivity contribution >= 4 is 80.8 Å². The molecule has 0 bridgehead atoms. The Balaban J connectivity index is 1.95. The molecule has 1 aliphatic heterocycles. The van der Waals surface area contributed by atoms with Gasteiger partial charge in [-0.3, -0.25) is 14.5 Å². The maximum Gasteiger partial charge on any atom is 0.323 e. The first-order chi connectivity index (χ1) is 13.3. The maximum atomic E-state index is 12.5. The zero-order valence-electron chi connectivity index (χ0n) is 14.5. The van der Waals surface area contributed by atoms with Crippen LogP contribution in [-0.2, 0) is 9.59 Å². The van der Waals surface area contributed by atoms with Gasteiger partial charge in [0.1, 0.15) is 10.9 Å². The number of hydrogen-bond donors (Lipinski definition) is 2. The Morgan fingerprint density at radius 3 is 2.71 bits per heavy atom. The van der Waals surface area contributed by atoms with Crippen LogP contribution in [0.3, 0.4) is 0 Å². The van der Waals surface area contributed by atoms with Crippen LogP contribution in [0.2, 0.25) is 10.0 Å². The second kappa shape index (κ2) is 8.53. The lowest BCUT2D eigenvalue weighted by molar-refractivity contribution is -0.140. The molecular formula is C19H14Cl2N2O3S2. The van der Waals surface area contributed by atoms with Crippen molar-refractivity contribution in [2.24, 2.45) is 0 Å². The van der Waals surface area contributed by atoms with Gasteiger partial charge in [-0.05, 0) is 36.3 Å². The minimum atomic E-state index is -1.12. The predicted octanol–water partition coefficient (Wildman–Crippen LogP) is 5.33. The lowest BCUT2D eigenvalue weighted by Gasteiger charge is -2.14. The van der Waals surface area contributed by atoms with Crippen molar-refractivity contribution in [1.29, 1.82) is 0 Å². The molecule has 144 valence electrons. The number of amides is 1. The molecule has 3 rings (SSSR count). The summed E-state index contributed by atoms with van der Waals surface area (Å²) in [6.07, 6.45) is 1.67. The number of carbonyl (C=O) groups is 2. The Morgan fingerprint density at radius 1 is 1.29 bits per heavy atom. The van der Waals surface area contributed by atoms with Gasteiger partial charge >= 0.3 is 5.97 Å². The number of anilines is 2. The highest BCUT2D eigenvalue weighted by Crippen LogP contribution is 2.38. The number of aryl methyl sites for hydroxylation is 1. The third-order valence-electron chi connectivity index (χ3n) is 3.96. The van der Waals surface area contributed by atoms with Crippen LogP contribution >= 0.6 is 47.2 Å². The Kier molecular flexibility index (Phi) is 6.30. The average molecular weight is 453 g/mol. The number of benzene rings is 2. The highest BCUT2D eigenvalue weighted by Gasteiger charge is 2.33. The summed E-state index contributed by atoms with van der Waals surface area (Å²) < 4.78 is 0.217. The summed E-state index contributed by atoms with van der Waals surface area (Å²) in [4.78, 5) is 24.9. The van der Waals surface area contributed by atoms with Crippen molar-refractivity contribution < 1.29 is 14.7 Å². The molecule has 1 saturated heterocycles. The van der Waals surface area contributed by atoms with Crippen LogP contribution in [0, 0.1) is 6.92 Å². The molecule has 0 saturated carbocycles. The highest BCUT2D eigenvalue weighted by molar-refractivity contribution is 8.26. The standard InChI is InChI=1S/C19H14Cl2N2O3S2/c1-10-6-7-12(20)17(16(10)21)22-13-5-3-2-4-11(13)8-14-18(26)23(9-15(24)25)19(27)28-14/h2-8,22H,9H2,1H3,(H,24,25)/b14-8-. The molecule has 2 N–H and O–H groups in total. The topological polar surface area (TPSA) is 69.6 Å². The zero-order chi connectivity index (χ0) is 20.4. The van der Waals surface area contributed by atoms with E-state index in [-0.39, 0.29) is 4.32 Å². The second-order valence-corrected chi connectivity index (χ2v) is 8.39. The minimum Gasteiger partial charge on any atom is -0.480 e. The third kappa shape index (κ3) is 4.33. The Labute approximate surface area is 181 Å². The molecule has 0 atom stereocenters. The number of carboxylic acid groups (broad SMARTS) is 1. The van der Waals surface area contributed by atoms with Gasteiger partial charge in [-0.15, -0.1) is 0 Å². The Hall–Kier alpha value is -2.06. The number of carbonyl (C=O) groups excluding carboxylic acids is 1. The lowest BCUT2D eigenvalue weighted by Crippen LogP contribution is -2.33. The molecule has 1 amide bonds. The Bertz CT molecular complexity index is 1020. The van der Waals surface area contributed by atoms with Crippen molar-refractivity contribution in [3.63, 3.8) is 0 Å². The molecule has 1 fully saturated rings. The fourth-order valence-electron chi connectivity index (χ4n) is 2.56. The van der Waals surface area contributed by atoms with Crippen LogP contribution in [-0.4, -0.2) is 32.7 Å². The first-order valence-corrected chi connectivity index (χ1v) is 10.0. The molecule has 2 aromatic rings. The van der Waals surface area contributed by atoms with Crippen LogP contribution in [0.1, 0.15) is 11.1 Å². The van der Waals surface area contributed by atoms with Gasteiger partial charge < -0.3 is 10.4 Å². The van der Waals surface area contributed by atoms with Gasteiger partial charge in [0, 0.05) is 5.69 Å². The van der Waals surface area contributed by atoms with E-state index in [1.807, 2.05) is 37.3 Å². The molecule has 0 unspecified atom stereocenters. The third-order valence-corrected chi connectivity index (χ3v) is 6.14. The molecule has 0 spiro atoms. The van der Waals surface area contributed by atoms with Gasteiger partial charge in [-0.2, -0.15) is 0 Å². The molecule has 5 nitrogen and oxygen atoms in total. The number of rotatable bonds is 5. The fourth-order valence-corrected chi connectivity index (χ4v) is 4.27. The molecule has 2 aromatic carbocycles. The number of carboxylic acids is 1. The summed E-state index contributed by atoms with van der Waals surface area (Å²) in [7, 11) is 0. The summed E-state index contributed by atoms with van der Waals surface area (Å²) >= 11 is 18.9. The Morgan fingerprint density at radius 2 is 2.00 bits per heavy atom. The van der Waals surface area contributed by atoms with Crippen molar-refractivity contribution in [1.82, 2.24) is 4.90 Å². The summed E-state index contributed by atoms with van der Waals surface area (Å²) in [6.45, 7) is 1.42. The van der Waals surface area contributed by atoms with E-state index in [0.29, 0.717) is 31.9 Å². The average Bonchev–Trinajstić information content (AvgIpc) is 2.90. The SMILES string of the molecule is Cc1ccc(Cl)c(Nc2ccccc2/C=C2\SC(=S)N(CC(=O)O)C2=O)c1Cl. The zero-order valence-corrected chi connectivity index (χ0v) is 17.7. The quantitative estimate of drug-likeness (QED) is 0.471. The monoisotopic (exact) mass is 452 g/mol. The number of thioether (sulfide) groups is 1. The van der Waals surface area contributed by atoms with Gasteiger partial charge in [0.25, 0.3) is 5.91 Å². The summed E-state index contributed by atoms with van der Waals surface area (Å²) in [5.41, 5.74) is 2.86. The van der Waals surface area contributed by atoms with E-state index in [2.05, 4.69) is 5.32 Å². The van der Waals surface area contributed by atoms with Crippen molar-refractivity contribution in [2.45, 2.75) is 6.92 Å². The van der Waals surface area contributed by atoms with E-state index < -0.39 is 18.4 Å². The van der Waals surface area contributed by atoms with E-state index in [0.717, 1.165) is 22.2 Å². The smallest absolute Gasteiger partial charge is 0.323 e. The van der Waals surface area contributed by atoms with Crippen molar-refractivity contribution in [2.75, 3.05) is 11.9 Å². The van der Waals surface area contributed by atoms with E-state index in [4.69, 9.17) is 40.5 Å². The lowest BCUT2D eigenvalue weighted by atomic mass is 10.1. The highest BCUT2D eigenvalue weighted by atomic mass is 35.5. The van der Waals surface area contributed by atoms with Crippen molar-refractivity contribution in [3.05, 3.63) is 62.5 Å². The maximum absolute atomic E-state index is 12.5. The van der Waals surface area contributed by atoms with Crippen molar-refractivity contribution in [3.8, 4) is 0 Å². The number of nitrogens with zero attached hydrogens (tertiary/aromatic N) is 1. The van der Waals surface area contributed by atoms with E-state index in [1.54, 1.807) is 12.1 Å². The number of thiocarbonyl (C=S) groups is 1. The molecule has 0 aliphatic carbocycles. The van der Waals surface area contributed by atoms with E-state index >= 15 is 0 Å². The van der Waals surface area contributed by atoms with Gasteiger partial charge in [-0.25, -0.2) is 0 Å². The van der Waals surface area contributed by atoms with Crippen LogP contribution < -0.4 is 5.32 Å². The van der Waals surface area contributed by atoms with Crippen LogP contribution in [0.25, 0.3) is 6.08 Å². The number of halogens is 2. The van der Waals surface area contributed by atoms with Gasteiger partial charge in [-0.1, -0.05) is 71.4 Å². The number of nitrogens with one attached hydrogen (secondary N) is 1. The summed E-state index contributed by atoms with van der Waals surface area (Å²) in [5, 5.41) is 13.2. The first kappa shape index (κ1) is 20.7. The van der Waals surface area contributed by atoms with E-state index in [1.165, 1.54) is 0 Å². The number of para-hydroxylation sites is 1. The second-order valence-electron chi connectivity index (χ2n) is 5.93. The van der Waals surface area contributed by atoms with Gasteiger partial charge in [0.05, 0.1) is 20.6 Å². The van der Waals surface area contributed by atoms with Gasteiger partial charge in [0.2, 0.25) is 0 Å². The molecule has 0 radical (unpaired) electrons. The van der Waals surface area contributed by atoms with E-state index in [9.17, 15) is 9.59 Å². The largest absolute Gasteiger partial charge is 0.480 e. The normalized spacial score (nSPS) is 15.4. The van der Waals surface area contributed by atoms with Crippen LogP contribution in [0.15, 0.2) is 41.3 Å². The summed E-state index contributed by atoms with van der Waals surface area (Å²) in [6, 6.07) is 10.9. The fraction of sp³-hybridized carbons (Fsp3) is 0.105.